The molecule has 0 aromatic rings. The van der Waals surface area contributed by atoms with Gasteiger partial charge >= 0.3 is 12.3 Å². The molecule has 0 bridgehead atoms. The summed E-state index contributed by atoms with van der Waals surface area (Å²) in [6, 6.07) is 0. The quantitative estimate of drug-likeness (QED) is 0.337. The van der Waals surface area contributed by atoms with Gasteiger partial charge in [0.2, 0.25) is 0 Å². The Labute approximate surface area is 132 Å². The highest BCUT2D eigenvalue weighted by Crippen LogP contribution is 2.49. The molecule has 128 valence electrons. The van der Waals surface area contributed by atoms with Crippen molar-refractivity contribution in [2.24, 2.45) is 5.92 Å². The highest BCUT2D eigenvalue weighted by Gasteiger charge is 2.61. The van der Waals surface area contributed by atoms with Gasteiger partial charge < -0.3 is 9.47 Å². The number of fused-ring (bicyclic) bond motifs is 3. The monoisotopic (exact) mass is 332 g/mol. The third-order valence-electron chi connectivity index (χ3n) is 4.86. The molecule has 2 fully saturated rings. The molecule has 1 aliphatic carbocycles. The van der Waals surface area contributed by atoms with Gasteiger partial charge in [-0.25, -0.2) is 4.79 Å². The van der Waals surface area contributed by atoms with E-state index >= 15 is 0 Å². The second kappa shape index (κ2) is 5.63. The van der Waals surface area contributed by atoms with Crippen LogP contribution in [0.4, 0.5) is 13.2 Å². The van der Waals surface area contributed by atoms with Gasteiger partial charge in [0, 0.05) is 11.5 Å². The van der Waals surface area contributed by atoms with Crippen LogP contribution in [-0.4, -0.2) is 36.7 Å². The van der Waals surface area contributed by atoms with Gasteiger partial charge in [-0.2, -0.15) is 0 Å². The molecular weight excluding hydrogens is 313 g/mol. The van der Waals surface area contributed by atoms with Crippen molar-refractivity contribution in [1.29, 1.82) is 0 Å². The number of hydrogen-bond donors (Lipinski definition) is 0. The zero-order valence-corrected chi connectivity index (χ0v) is 12.8. The Morgan fingerprint density at radius 3 is 2.91 bits per heavy atom. The average molecular weight is 332 g/mol. The van der Waals surface area contributed by atoms with Gasteiger partial charge in [-0.3, -0.25) is 4.74 Å². The van der Waals surface area contributed by atoms with Gasteiger partial charge in [0.15, 0.2) is 0 Å². The molecule has 2 aliphatic heterocycles. The molecule has 0 unspecified atom stereocenters. The molecule has 0 aromatic carbocycles. The van der Waals surface area contributed by atoms with E-state index < -0.39 is 24.5 Å². The predicted molar refractivity (Wildman–Crippen MR) is 74.3 cm³/mol. The molecule has 2 saturated heterocycles. The predicted octanol–water partition coefficient (Wildman–Crippen LogP) is 3.28. The summed E-state index contributed by atoms with van der Waals surface area (Å²) in [5.74, 6) is -0.657. The SMILES string of the molecule is C=C1C(=O)O[C@H]2[C@H]1CC/C(COC(F)(F)F)=C\CC[C@@]1(C)O[C@@H]21. The number of ether oxygens (including phenoxy) is 3. The van der Waals surface area contributed by atoms with Crippen LogP contribution in [0.3, 0.4) is 0 Å². The maximum atomic E-state index is 12.2. The summed E-state index contributed by atoms with van der Waals surface area (Å²) >= 11 is 0. The first kappa shape index (κ1) is 16.5. The second-order valence-corrected chi connectivity index (χ2v) is 6.53. The molecule has 0 spiro atoms. The molecule has 0 aromatic heterocycles. The van der Waals surface area contributed by atoms with Crippen LogP contribution in [0.5, 0.6) is 0 Å². The molecule has 0 amide bonds. The van der Waals surface area contributed by atoms with Crippen molar-refractivity contribution in [3.05, 3.63) is 23.8 Å². The first-order valence-corrected chi connectivity index (χ1v) is 7.66. The van der Waals surface area contributed by atoms with E-state index in [2.05, 4.69) is 11.3 Å². The zero-order chi connectivity index (χ0) is 16.8. The number of carbonyl (C=O) groups excluding carboxylic acids is 1. The molecule has 4 nitrogen and oxygen atoms in total. The van der Waals surface area contributed by atoms with E-state index in [1.54, 1.807) is 6.08 Å². The van der Waals surface area contributed by atoms with Gasteiger partial charge in [-0.1, -0.05) is 12.7 Å². The Balaban J connectivity index is 1.74. The Kier molecular flexibility index (Phi) is 4.04. The van der Waals surface area contributed by atoms with E-state index in [0.29, 0.717) is 36.8 Å². The third kappa shape index (κ3) is 3.45. The van der Waals surface area contributed by atoms with Crippen molar-refractivity contribution < 1.29 is 32.2 Å². The van der Waals surface area contributed by atoms with Crippen molar-refractivity contribution in [1.82, 2.24) is 0 Å². The third-order valence-corrected chi connectivity index (χ3v) is 4.86. The van der Waals surface area contributed by atoms with Crippen molar-refractivity contribution in [2.45, 2.75) is 56.8 Å². The minimum absolute atomic E-state index is 0.155. The lowest BCUT2D eigenvalue weighted by Crippen LogP contribution is -2.29. The minimum Gasteiger partial charge on any atom is -0.455 e. The number of esters is 1. The Morgan fingerprint density at radius 1 is 1.48 bits per heavy atom. The number of allylic oxidation sites excluding steroid dienone is 1. The highest BCUT2D eigenvalue weighted by molar-refractivity contribution is 5.91. The summed E-state index contributed by atoms with van der Waals surface area (Å²) in [4.78, 5) is 11.8. The van der Waals surface area contributed by atoms with E-state index in [0.717, 1.165) is 0 Å². The van der Waals surface area contributed by atoms with E-state index in [1.165, 1.54) is 0 Å². The number of carbonyl (C=O) groups is 1. The lowest BCUT2D eigenvalue weighted by atomic mass is 9.84. The van der Waals surface area contributed by atoms with Crippen LogP contribution in [0.1, 0.15) is 32.6 Å². The smallest absolute Gasteiger partial charge is 0.455 e. The molecule has 3 aliphatic rings. The van der Waals surface area contributed by atoms with Gasteiger partial charge in [-0.05, 0) is 38.2 Å². The van der Waals surface area contributed by atoms with E-state index in [4.69, 9.17) is 9.47 Å². The van der Waals surface area contributed by atoms with Crippen molar-refractivity contribution in [3.63, 3.8) is 0 Å². The van der Waals surface area contributed by atoms with Crippen LogP contribution in [0.2, 0.25) is 0 Å². The fraction of sp³-hybridized carbons (Fsp3) is 0.688. The van der Waals surface area contributed by atoms with Crippen LogP contribution in [-0.2, 0) is 19.0 Å². The molecule has 0 saturated carbocycles. The summed E-state index contributed by atoms with van der Waals surface area (Å²) in [6.07, 6.45) is -1.22. The second-order valence-electron chi connectivity index (χ2n) is 6.53. The summed E-state index contributed by atoms with van der Waals surface area (Å²) in [5, 5.41) is 0. The fourth-order valence-corrected chi connectivity index (χ4v) is 3.43. The molecule has 23 heavy (non-hydrogen) atoms. The number of halogens is 3. The van der Waals surface area contributed by atoms with Gasteiger partial charge in [0.1, 0.15) is 12.2 Å². The minimum atomic E-state index is -4.65. The lowest BCUT2D eigenvalue weighted by Gasteiger charge is -2.20. The average Bonchev–Trinajstić information content (AvgIpc) is 3.04. The van der Waals surface area contributed by atoms with Crippen molar-refractivity contribution in [3.8, 4) is 0 Å². The maximum Gasteiger partial charge on any atom is 0.522 e. The van der Waals surface area contributed by atoms with Crippen molar-refractivity contribution in [2.75, 3.05) is 6.61 Å². The molecule has 4 atom stereocenters. The maximum absolute atomic E-state index is 12.2. The van der Waals surface area contributed by atoms with Crippen LogP contribution in [0.25, 0.3) is 0 Å². The van der Waals surface area contributed by atoms with Crippen LogP contribution in [0, 0.1) is 5.92 Å². The first-order chi connectivity index (χ1) is 10.7. The van der Waals surface area contributed by atoms with E-state index in [-0.39, 0.29) is 18.1 Å². The molecule has 0 radical (unpaired) electrons. The number of epoxide rings is 1. The summed E-state index contributed by atoms with van der Waals surface area (Å²) < 4.78 is 51.8. The highest BCUT2D eigenvalue weighted by atomic mass is 19.4. The molecular formula is C16H19F3O4. The molecule has 7 heteroatoms. The largest absolute Gasteiger partial charge is 0.522 e. The van der Waals surface area contributed by atoms with Crippen LogP contribution >= 0.6 is 0 Å². The van der Waals surface area contributed by atoms with E-state index in [1.807, 2.05) is 6.92 Å². The topological polar surface area (TPSA) is 48.1 Å². The Morgan fingerprint density at radius 2 is 2.22 bits per heavy atom. The summed E-state index contributed by atoms with van der Waals surface area (Å²) in [6.45, 7) is 5.22. The van der Waals surface area contributed by atoms with Gasteiger partial charge in [0.25, 0.3) is 0 Å². The molecule has 0 N–H and O–H groups in total. The first-order valence-electron chi connectivity index (χ1n) is 7.66. The molecule has 3 rings (SSSR count). The van der Waals surface area contributed by atoms with Gasteiger partial charge in [0.05, 0.1) is 12.2 Å². The summed E-state index contributed by atoms with van der Waals surface area (Å²) in [5.41, 5.74) is 0.568. The Hall–Kier alpha value is -1.34. The standard InChI is InChI=1S/C16H19F3O4/c1-9-11-6-5-10(8-21-16(17,18)19)4-3-7-15(2)13(23-15)12(11)22-14(9)20/h4,11-13H,1,3,5-8H2,2H3/b10-4+/t11-,12-,13-,15+/m0/s1. The number of hydrogen-bond acceptors (Lipinski definition) is 4. The number of alkyl halides is 3. The summed E-state index contributed by atoms with van der Waals surface area (Å²) in [7, 11) is 0. The lowest BCUT2D eigenvalue weighted by molar-refractivity contribution is -0.320. The van der Waals surface area contributed by atoms with Crippen molar-refractivity contribution >= 4 is 5.97 Å². The number of rotatable bonds is 2. The van der Waals surface area contributed by atoms with Crippen LogP contribution < -0.4 is 0 Å². The Bertz CT molecular complexity index is 554. The fourth-order valence-electron chi connectivity index (χ4n) is 3.43. The molecule has 2 heterocycles. The van der Waals surface area contributed by atoms with Gasteiger partial charge in [-0.15, -0.1) is 13.2 Å². The normalized spacial score (nSPS) is 39.8. The zero-order valence-electron chi connectivity index (χ0n) is 12.8. The van der Waals surface area contributed by atoms with E-state index in [9.17, 15) is 18.0 Å². The van der Waals surface area contributed by atoms with Crippen LogP contribution in [0.15, 0.2) is 23.8 Å².